The predicted octanol–water partition coefficient (Wildman–Crippen LogP) is 6.89. The Labute approximate surface area is 209 Å². The average molecular weight is 484 g/mol. The van der Waals surface area contributed by atoms with Gasteiger partial charge in [0.2, 0.25) is 0 Å². The van der Waals surface area contributed by atoms with Gasteiger partial charge in [-0.25, -0.2) is 0 Å². The second kappa shape index (κ2) is 9.49. The van der Waals surface area contributed by atoms with Gasteiger partial charge in [-0.1, -0.05) is 81.3 Å². The van der Waals surface area contributed by atoms with Crippen molar-refractivity contribution < 1.29 is 4.43 Å². The topological polar surface area (TPSA) is 12.5 Å². The summed E-state index contributed by atoms with van der Waals surface area (Å²) in [5.74, 6) is 0. The third-order valence-corrected chi connectivity index (χ3v) is 10.3. The summed E-state index contributed by atoms with van der Waals surface area (Å²) in [5.41, 5.74) is 3.13. The number of piperidine rings is 1. The zero-order chi connectivity index (χ0) is 23.7. The molecule has 1 aliphatic carbocycles. The molecule has 0 atom stereocenters. The third kappa shape index (κ3) is 5.27. The van der Waals surface area contributed by atoms with Crippen LogP contribution in [0.15, 0.2) is 54.6 Å². The summed E-state index contributed by atoms with van der Waals surface area (Å²) in [7, 11) is -0.640. The monoisotopic (exact) mass is 483 g/mol. The van der Waals surface area contributed by atoms with Gasteiger partial charge in [0.05, 0.1) is 5.60 Å². The fourth-order valence-electron chi connectivity index (χ4n) is 6.00. The second-order valence-electron chi connectivity index (χ2n) is 12.2. The molecule has 1 saturated carbocycles. The van der Waals surface area contributed by atoms with Crippen LogP contribution >= 0.6 is 11.6 Å². The molecule has 33 heavy (non-hydrogen) atoms. The molecule has 0 unspecified atom stereocenters. The average Bonchev–Trinajstić information content (AvgIpc) is 2.76. The Morgan fingerprint density at radius 1 is 0.848 bits per heavy atom. The molecule has 0 radical (unpaired) electrons. The van der Waals surface area contributed by atoms with Crippen LogP contribution in [0.3, 0.4) is 0 Å². The van der Waals surface area contributed by atoms with Gasteiger partial charge < -0.3 is 9.33 Å². The Kier molecular flexibility index (Phi) is 7.18. The highest BCUT2D eigenvalue weighted by Crippen LogP contribution is 2.49. The van der Waals surface area contributed by atoms with E-state index < -0.39 is 9.76 Å². The fraction of sp³-hybridized carbons (Fsp3) is 0.586. The van der Waals surface area contributed by atoms with E-state index in [1.807, 2.05) is 0 Å². The molecule has 0 N–H and O–H groups in total. The van der Waals surface area contributed by atoms with Crippen LogP contribution in [0.1, 0.15) is 77.8 Å². The highest BCUT2D eigenvalue weighted by molar-refractivity contribution is 6.32. The molecule has 2 aromatic rings. The minimum Gasteiger partial charge on any atom is -0.418 e. The van der Waals surface area contributed by atoms with Crippen molar-refractivity contribution in [2.45, 2.75) is 88.2 Å². The van der Waals surface area contributed by atoms with E-state index in [9.17, 15) is 0 Å². The van der Waals surface area contributed by atoms with Crippen LogP contribution in [0, 0.1) is 0 Å². The molecule has 2 aliphatic rings. The van der Waals surface area contributed by atoms with E-state index in [-0.39, 0.29) is 11.0 Å². The van der Waals surface area contributed by atoms with Gasteiger partial charge in [0, 0.05) is 22.4 Å². The smallest absolute Gasteiger partial charge is 0.167 e. The highest BCUT2D eigenvalue weighted by atomic mass is 35.5. The van der Waals surface area contributed by atoms with Crippen molar-refractivity contribution in [3.8, 4) is 0 Å². The molecular formula is C29H42ClNOSi. The molecule has 1 saturated heterocycles. The SMILES string of the molecule is CC(C)(C)[SiH2]OC(C)(C)C1(c2ccccc2)CCN(CC2(c3ccc(Cl)cc3)CCC2)CC1. The molecular weight excluding hydrogens is 442 g/mol. The number of hydrogen-bond donors (Lipinski definition) is 0. The molecule has 2 nitrogen and oxygen atoms in total. The van der Waals surface area contributed by atoms with Crippen molar-refractivity contribution in [1.29, 1.82) is 0 Å². The Bertz CT molecular complexity index is 907. The van der Waals surface area contributed by atoms with Crippen molar-refractivity contribution in [1.82, 2.24) is 4.90 Å². The van der Waals surface area contributed by atoms with Crippen LogP contribution < -0.4 is 0 Å². The first-order valence-corrected chi connectivity index (χ1v) is 14.4. The molecule has 2 fully saturated rings. The number of likely N-dealkylation sites (tertiary alicyclic amines) is 1. The third-order valence-electron chi connectivity index (χ3n) is 8.35. The maximum Gasteiger partial charge on any atom is 0.167 e. The molecule has 0 bridgehead atoms. The standard InChI is InChI=1S/C29H42ClNOSi/c1-26(2,3)33-32-27(4,5)29(24-10-7-6-8-11-24)18-20-31(21-19-29)22-28(16-9-17-28)23-12-14-25(30)15-13-23/h6-8,10-15H,9,16-22,33H2,1-5H3. The molecule has 4 heteroatoms. The number of hydrogen-bond acceptors (Lipinski definition) is 2. The van der Waals surface area contributed by atoms with Crippen LogP contribution in [0.5, 0.6) is 0 Å². The first kappa shape index (κ1) is 25.0. The summed E-state index contributed by atoms with van der Waals surface area (Å²) < 4.78 is 6.85. The van der Waals surface area contributed by atoms with Crippen molar-refractivity contribution in [3.05, 3.63) is 70.7 Å². The molecule has 4 rings (SSSR count). The van der Waals surface area contributed by atoms with E-state index in [0.29, 0.717) is 10.5 Å². The van der Waals surface area contributed by atoms with Gasteiger partial charge in [-0.15, -0.1) is 0 Å². The first-order valence-electron chi connectivity index (χ1n) is 12.7. The van der Waals surface area contributed by atoms with Crippen LogP contribution in [0.2, 0.25) is 10.1 Å². The van der Waals surface area contributed by atoms with Gasteiger partial charge in [-0.05, 0) is 80.9 Å². The molecule has 0 amide bonds. The summed E-state index contributed by atoms with van der Waals surface area (Å²) in [5, 5.41) is 1.13. The minimum absolute atomic E-state index is 0.0655. The van der Waals surface area contributed by atoms with E-state index in [1.54, 1.807) is 0 Å². The number of halogens is 1. The summed E-state index contributed by atoms with van der Waals surface area (Å²) in [6, 6.07) is 19.8. The molecule has 180 valence electrons. The van der Waals surface area contributed by atoms with Crippen LogP contribution in [-0.2, 0) is 15.3 Å². The van der Waals surface area contributed by atoms with Gasteiger partial charge in [0.1, 0.15) is 0 Å². The lowest BCUT2D eigenvalue weighted by atomic mass is 9.61. The minimum atomic E-state index is -0.640. The largest absolute Gasteiger partial charge is 0.418 e. The van der Waals surface area contributed by atoms with Gasteiger partial charge in [0.15, 0.2) is 9.76 Å². The molecule has 1 heterocycles. The fourth-order valence-corrected chi connectivity index (χ4v) is 7.19. The van der Waals surface area contributed by atoms with E-state index in [1.165, 1.54) is 30.4 Å². The molecule has 2 aromatic carbocycles. The van der Waals surface area contributed by atoms with Crippen molar-refractivity contribution in [2.75, 3.05) is 19.6 Å². The summed E-state index contributed by atoms with van der Waals surface area (Å²) in [4.78, 5) is 2.73. The van der Waals surface area contributed by atoms with Crippen LogP contribution in [0.25, 0.3) is 0 Å². The van der Waals surface area contributed by atoms with E-state index in [0.717, 1.165) is 37.5 Å². The Hall–Kier alpha value is -1.13. The maximum absolute atomic E-state index is 6.85. The normalized spacial score (nSPS) is 21.3. The van der Waals surface area contributed by atoms with Crippen molar-refractivity contribution >= 4 is 21.4 Å². The number of nitrogens with zero attached hydrogens (tertiary/aromatic N) is 1. The van der Waals surface area contributed by atoms with E-state index >= 15 is 0 Å². The summed E-state index contributed by atoms with van der Waals surface area (Å²) in [6.45, 7) is 15.1. The van der Waals surface area contributed by atoms with Gasteiger partial charge in [-0.2, -0.15) is 0 Å². The van der Waals surface area contributed by atoms with Crippen LogP contribution in [0.4, 0.5) is 0 Å². The highest BCUT2D eigenvalue weighted by Gasteiger charge is 2.50. The van der Waals surface area contributed by atoms with E-state index in [4.69, 9.17) is 16.0 Å². The Balaban J connectivity index is 1.52. The van der Waals surface area contributed by atoms with Crippen molar-refractivity contribution in [2.24, 2.45) is 0 Å². The Morgan fingerprint density at radius 3 is 1.97 bits per heavy atom. The van der Waals surface area contributed by atoms with Gasteiger partial charge in [-0.3, -0.25) is 0 Å². The van der Waals surface area contributed by atoms with Gasteiger partial charge >= 0.3 is 0 Å². The lowest BCUT2D eigenvalue weighted by molar-refractivity contribution is -0.0255. The number of benzene rings is 2. The predicted molar refractivity (Wildman–Crippen MR) is 144 cm³/mol. The number of rotatable bonds is 7. The van der Waals surface area contributed by atoms with E-state index in [2.05, 4.69) is 94.1 Å². The summed E-state index contributed by atoms with van der Waals surface area (Å²) in [6.07, 6.45) is 6.22. The van der Waals surface area contributed by atoms with Crippen LogP contribution in [-0.4, -0.2) is 39.9 Å². The molecule has 0 aromatic heterocycles. The zero-order valence-electron chi connectivity index (χ0n) is 21.3. The maximum atomic E-state index is 6.85. The second-order valence-corrected chi connectivity index (χ2v) is 15.4. The lowest BCUT2D eigenvalue weighted by Gasteiger charge is -2.54. The Morgan fingerprint density at radius 2 is 1.45 bits per heavy atom. The van der Waals surface area contributed by atoms with Crippen molar-refractivity contribution in [3.63, 3.8) is 0 Å². The first-order chi connectivity index (χ1) is 15.6. The summed E-state index contributed by atoms with van der Waals surface area (Å²) >= 11 is 6.18. The quantitative estimate of drug-likeness (QED) is 0.397. The zero-order valence-corrected chi connectivity index (χ0v) is 23.5. The lowest BCUT2D eigenvalue weighted by Crippen LogP contribution is -2.58. The molecule has 1 aliphatic heterocycles. The molecule has 0 spiro atoms. The van der Waals surface area contributed by atoms with Gasteiger partial charge in [0.25, 0.3) is 0 Å².